The second-order valence-corrected chi connectivity index (χ2v) is 6.14. The molecule has 3 rings (SSSR count). The lowest BCUT2D eigenvalue weighted by atomic mass is 10.1. The van der Waals surface area contributed by atoms with E-state index in [9.17, 15) is 14.3 Å². The van der Waals surface area contributed by atoms with Gasteiger partial charge in [-0.1, -0.05) is 0 Å². The first-order valence-corrected chi connectivity index (χ1v) is 7.89. The number of hydrogen-bond donors (Lipinski definition) is 1. The molecule has 0 bridgehead atoms. The fourth-order valence-electron chi connectivity index (χ4n) is 2.57. The minimum atomic E-state index is -0.979. The number of hydrogen-bond acceptors (Lipinski definition) is 4. The molecule has 0 amide bonds. The van der Waals surface area contributed by atoms with Crippen LogP contribution in [0.1, 0.15) is 24.2 Å². The van der Waals surface area contributed by atoms with Crippen molar-refractivity contribution < 1.29 is 14.3 Å². The number of aromatic carboxylic acids is 1. The van der Waals surface area contributed by atoms with E-state index in [1.807, 2.05) is 31.9 Å². The summed E-state index contributed by atoms with van der Waals surface area (Å²) in [5.74, 6) is -1.53. The van der Waals surface area contributed by atoms with Crippen molar-refractivity contribution in [2.45, 2.75) is 19.9 Å². The van der Waals surface area contributed by atoms with E-state index in [0.717, 1.165) is 11.1 Å². The van der Waals surface area contributed by atoms with Crippen molar-refractivity contribution in [1.29, 1.82) is 0 Å². The van der Waals surface area contributed by atoms with Gasteiger partial charge in [0.25, 0.3) is 0 Å². The zero-order valence-corrected chi connectivity index (χ0v) is 14.2. The van der Waals surface area contributed by atoms with Crippen molar-refractivity contribution in [2.75, 3.05) is 11.9 Å². The summed E-state index contributed by atoms with van der Waals surface area (Å²) in [5.41, 5.74) is 3.10. The standard InChI is InChI=1S/C19H18FN3O2/c1-11(2)23(3)16-9-14-8-12(19(24)25)4-6-15(14)22-18(16)13-5-7-17(20)21-10-13/h4-11H,1-3H3,(H,24,25). The lowest BCUT2D eigenvalue weighted by molar-refractivity contribution is 0.0697. The van der Waals surface area contributed by atoms with Crippen LogP contribution in [0.4, 0.5) is 10.1 Å². The Morgan fingerprint density at radius 3 is 2.56 bits per heavy atom. The Kier molecular flexibility index (Phi) is 4.35. The molecule has 1 aromatic carbocycles. The van der Waals surface area contributed by atoms with Gasteiger partial charge in [0.15, 0.2) is 0 Å². The van der Waals surface area contributed by atoms with E-state index in [4.69, 9.17) is 0 Å². The van der Waals surface area contributed by atoms with E-state index in [1.54, 1.807) is 18.2 Å². The summed E-state index contributed by atoms with van der Waals surface area (Å²) in [6.07, 6.45) is 1.45. The average molecular weight is 339 g/mol. The lowest BCUT2D eigenvalue weighted by Crippen LogP contribution is -2.26. The third kappa shape index (κ3) is 3.28. The van der Waals surface area contributed by atoms with Gasteiger partial charge in [0.2, 0.25) is 5.95 Å². The number of nitrogens with zero attached hydrogens (tertiary/aromatic N) is 3. The highest BCUT2D eigenvalue weighted by Gasteiger charge is 2.16. The Morgan fingerprint density at radius 2 is 1.96 bits per heavy atom. The van der Waals surface area contributed by atoms with E-state index in [-0.39, 0.29) is 11.6 Å². The Balaban J connectivity index is 2.26. The zero-order chi connectivity index (χ0) is 18.1. The maximum Gasteiger partial charge on any atom is 0.335 e. The first kappa shape index (κ1) is 16.8. The highest BCUT2D eigenvalue weighted by Crippen LogP contribution is 2.32. The van der Waals surface area contributed by atoms with Gasteiger partial charge >= 0.3 is 5.97 Å². The van der Waals surface area contributed by atoms with Crippen LogP contribution >= 0.6 is 0 Å². The van der Waals surface area contributed by atoms with Crippen LogP contribution in [-0.2, 0) is 0 Å². The number of anilines is 1. The summed E-state index contributed by atoms with van der Waals surface area (Å²) in [7, 11) is 1.94. The largest absolute Gasteiger partial charge is 0.478 e. The predicted molar refractivity (Wildman–Crippen MR) is 95.4 cm³/mol. The Labute approximate surface area is 144 Å². The SMILES string of the molecule is CC(C)N(C)c1cc2cc(C(=O)O)ccc2nc1-c1ccc(F)nc1. The third-order valence-electron chi connectivity index (χ3n) is 4.20. The summed E-state index contributed by atoms with van der Waals surface area (Å²) in [6.45, 7) is 4.09. The number of carboxylic acids is 1. The number of halogens is 1. The van der Waals surface area contributed by atoms with E-state index >= 15 is 0 Å². The second-order valence-electron chi connectivity index (χ2n) is 6.14. The number of pyridine rings is 2. The zero-order valence-electron chi connectivity index (χ0n) is 14.2. The molecule has 3 aromatic rings. The number of benzene rings is 1. The van der Waals surface area contributed by atoms with Gasteiger partial charge in [0, 0.05) is 30.2 Å². The van der Waals surface area contributed by atoms with Crippen LogP contribution in [0.5, 0.6) is 0 Å². The summed E-state index contributed by atoms with van der Waals surface area (Å²) in [4.78, 5) is 21.7. The quantitative estimate of drug-likeness (QED) is 0.728. The monoisotopic (exact) mass is 339 g/mol. The number of carbonyl (C=O) groups is 1. The molecule has 25 heavy (non-hydrogen) atoms. The van der Waals surface area contributed by atoms with E-state index in [2.05, 4.69) is 9.97 Å². The van der Waals surface area contributed by atoms with Crippen LogP contribution in [0.3, 0.4) is 0 Å². The number of fused-ring (bicyclic) bond motifs is 1. The molecule has 2 heterocycles. The van der Waals surface area contributed by atoms with Crippen molar-refractivity contribution >= 4 is 22.6 Å². The molecule has 1 N–H and O–H groups in total. The molecule has 0 atom stereocenters. The van der Waals surface area contributed by atoms with Crippen molar-refractivity contribution in [3.8, 4) is 11.3 Å². The molecule has 0 spiro atoms. The van der Waals surface area contributed by atoms with Crippen LogP contribution in [0.25, 0.3) is 22.2 Å². The van der Waals surface area contributed by atoms with Gasteiger partial charge in [-0.25, -0.2) is 14.8 Å². The van der Waals surface area contributed by atoms with Gasteiger partial charge in [-0.3, -0.25) is 0 Å². The van der Waals surface area contributed by atoms with Crippen LogP contribution in [0.2, 0.25) is 0 Å². The lowest BCUT2D eigenvalue weighted by Gasteiger charge is -2.26. The summed E-state index contributed by atoms with van der Waals surface area (Å²) in [5, 5.41) is 9.93. The second kappa shape index (κ2) is 6.47. The van der Waals surface area contributed by atoms with Crippen molar-refractivity contribution in [2.24, 2.45) is 0 Å². The van der Waals surface area contributed by atoms with E-state index in [1.165, 1.54) is 18.3 Å². The molecule has 0 saturated heterocycles. The summed E-state index contributed by atoms with van der Waals surface area (Å²) >= 11 is 0. The molecule has 0 aliphatic heterocycles. The van der Waals surface area contributed by atoms with Gasteiger partial charge in [-0.2, -0.15) is 4.39 Å². The van der Waals surface area contributed by atoms with Crippen molar-refractivity contribution in [3.05, 3.63) is 54.1 Å². The molecular weight excluding hydrogens is 321 g/mol. The fourth-order valence-corrected chi connectivity index (χ4v) is 2.57. The molecule has 0 aliphatic rings. The van der Waals surface area contributed by atoms with Crippen LogP contribution in [0.15, 0.2) is 42.6 Å². The molecule has 0 radical (unpaired) electrons. The van der Waals surface area contributed by atoms with E-state index in [0.29, 0.717) is 16.8 Å². The van der Waals surface area contributed by atoms with Crippen LogP contribution in [-0.4, -0.2) is 34.1 Å². The molecule has 0 unspecified atom stereocenters. The van der Waals surface area contributed by atoms with Crippen molar-refractivity contribution in [1.82, 2.24) is 9.97 Å². The smallest absolute Gasteiger partial charge is 0.335 e. The summed E-state index contributed by atoms with van der Waals surface area (Å²) in [6, 6.07) is 9.86. The highest BCUT2D eigenvalue weighted by molar-refractivity contribution is 5.96. The Bertz CT molecular complexity index is 939. The first-order chi connectivity index (χ1) is 11.9. The maximum atomic E-state index is 13.2. The third-order valence-corrected chi connectivity index (χ3v) is 4.20. The Hall–Kier alpha value is -3.02. The molecule has 0 aliphatic carbocycles. The van der Waals surface area contributed by atoms with E-state index < -0.39 is 11.9 Å². The fraction of sp³-hybridized carbons (Fsp3) is 0.211. The first-order valence-electron chi connectivity index (χ1n) is 7.89. The molecule has 6 heteroatoms. The molecular formula is C19H18FN3O2. The highest BCUT2D eigenvalue weighted by atomic mass is 19.1. The number of rotatable bonds is 4. The van der Waals surface area contributed by atoms with Crippen molar-refractivity contribution in [3.63, 3.8) is 0 Å². The average Bonchev–Trinajstić information content (AvgIpc) is 2.60. The van der Waals surface area contributed by atoms with Crippen LogP contribution in [0, 0.1) is 5.95 Å². The minimum Gasteiger partial charge on any atom is -0.478 e. The molecule has 0 saturated carbocycles. The molecule has 2 aromatic heterocycles. The van der Waals surface area contributed by atoms with Gasteiger partial charge < -0.3 is 10.0 Å². The number of aromatic nitrogens is 2. The van der Waals surface area contributed by atoms with Crippen LogP contribution < -0.4 is 4.90 Å². The van der Waals surface area contributed by atoms with Gasteiger partial charge in [0.05, 0.1) is 22.5 Å². The van der Waals surface area contributed by atoms with Gasteiger partial charge in [-0.15, -0.1) is 0 Å². The van der Waals surface area contributed by atoms with Gasteiger partial charge in [-0.05, 0) is 50.2 Å². The normalized spacial score (nSPS) is 11.1. The predicted octanol–water partition coefficient (Wildman–Crippen LogP) is 3.98. The molecule has 128 valence electrons. The summed E-state index contributed by atoms with van der Waals surface area (Å²) < 4.78 is 13.2. The molecule has 0 fully saturated rings. The molecule has 5 nitrogen and oxygen atoms in total. The topological polar surface area (TPSA) is 66.3 Å². The Morgan fingerprint density at radius 1 is 1.20 bits per heavy atom. The number of carboxylic acid groups (broad SMARTS) is 1. The van der Waals surface area contributed by atoms with Gasteiger partial charge in [0.1, 0.15) is 0 Å². The maximum absolute atomic E-state index is 13.2. The minimum absolute atomic E-state index is 0.203.